The van der Waals surface area contributed by atoms with E-state index in [1.165, 1.54) is 11.3 Å². The van der Waals surface area contributed by atoms with Gasteiger partial charge in [-0.1, -0.05) is 19.9 Å². The van der Waals surface area contributed by atoms with Gasteiger partial charge < -0.3 is 5.32 Å². The van der Waals surface area contributed by atoms with E-state index in [4.69, 9.17) is 0 Å². The van der Waals surface area contributed by atoms with Crippen molar-refractivity contribution >= 4 is 44.1 Å². The summed E-state index contributed by atoms with van der Waals surface area (Å²) in [7, 11) is 0. The van der Waals surface area contributed by atoms with Gasteiger partial charge in [0.05, 0.1) is 21.8 Å². The highest BCUT2D eigenvalue weighted by molar-refractivity contribution is 7.20. The van der Waals surface area contributed by atoms with Crippen LogP contribution in [0.25, 0.3) is 21.1 Å². The van der Waals surface area contributed by atoms with E-state index in [1.807, 2.05) is 48.0 Å². The summed E-state index contributed by atoms with van der Waals surface area (Å²) in [5, 5.41) is 9.63. The molecule has 3 aromatic heterocycles. The molecule has 1 N–H and O–H groups in total. The predicted molar refractivity (Wildman–Crippen MR) is 107 cm³/mol. The maximum atomic E-state index is 12.8. The Bertz CT molecular complexity index is 1100. The van der Waals surface area contributed by atoms with Gasteiger partial charge in [0.2, 0.25) is 0 Å². The van der Waals surface area contributed by atoms with Gasteiger partial charge in [-0.25, -0.2) is 0 Å². The Morgan fingerprint density at radius 1 is 1.23 bits per heavy atom. The zero-order chi connectivity index (χ0) is 18.3. The highest BCUT2D eigenvalue weighted by Crippen LogP contribution is 2.30. The monoisotopic (exact) mass is 364 g/mol. The maximum Gasteiger partial charge on any atom is 0.265 e. The molecule has 4 aromatic rings. The van der Waals surface area contributed by atoms with E-state index in [1.54, 1.807) is 6.20 Å². The van der Waals surface area contributed by atoms with Gasteiger partial charge in [-0.3, -0.25) is 14.5 Å². The van der Waals surface area contributed by atoms with Crippen molar-refractivity contribution in [3.63, 3.8) is 0 Å². The number of hydrogen-bond donors (Lipinski definition) is 1. The highest BCUT2D eigenvalue weighted by Gasteiger charge is 2.17. The van der Waals surface area contributed by atoms with Crippen LogP contribution in [0, 0.1) is 12.8 Å². The third kappa shape index (κ3) is 2.97. The first-order valence-electron chi connectivity index (χ1n) is 8.65. The lowest BCUT2D eigenvalue weighted by atomic mass is 10.2. The van der Waals surface area contributed by atoms with Gasteiger partial charge in [0.1, 0.15) is 4.83 Å². The SMILES string of the molecule is Cc1nn(CC(C)C)c2sc(C(=O)Nc3cccc4ncccc34)cc12. The molecule has 0 saturated carbocycles. The Morgan fingerprint density at radius 2 is 2.08 bits per heavy atom. The van der Waals surface area contributed by atoms with Gasteiger partial charge in [0, 0.05) is 23.5 Å². The minimum absolute atomic E-state index is 0.0990. The van der Waals surface area contributed by atoms with Gasteiger partial charge in [-0.2, -0.15) is 5.10 Å². The molecule has 0 spiro atoms. The molecule has 0 atom stereocenters. The summed E-state index contributed by atoms with van der Waals surface area (Å²) in [6.07, 6.45) is 1.75. The molecule has 6 heteroatoms. The Labute approximate surface area is 155 Å². The summed E-state index contributed by atoms with van der Waals surface area (Å²) in [4.78, 5) is 18.9. The summed E-state index contributed by atoms with van der Waals surface area (Å²) in [6, 6.07) is 11.5. The van der Waals surface area contributed by atoms with E-state index < -0.39 is 0 Å². The molecule has 3 heterocycles. The topological polar surface area (TPSA) is 59.8 Å². The molecule has 26 heavy (non-hydrogen) atoms. The number of carbonyl (C=O) groups is 1. The first kappa shape index (κ1) is 16.7. The van der Waals surface area contributed by atoms with Gasteiger partial charge in [0.15, 0.2) is 0 Å². The van der Waals surface area contributed by atoms with Gasteiger partial charge in [-0.15, -0.1) is 11.3 Å². The maximum absolute atomic E-state index is 12.8. The second-order valence-corrected chi connectivity index (χ2v) is 7.85. The number of nitrogens with zero attached hydrogens (tertiary/aromatic N) is 3. The Morgan fingerprint density at radius 3 is 2.88 bits per heavy atom. The van der Waals surface area contributed by atoms with Crippen LogP contribution in [0.15, 0.2) is 42.6 Å². The van der Waals surface area contributed by atoms with Gasteiger partial charge >= 0.3 is 0 Å². The summed E-state index contributed by atoms with van der Waals surface area (Å²) in [6.45, 7) is 7.17. The van der Waals surface area contributed by atoms with Crippen molar-refractivity contribution in [1.82, 2.24) is 14.8 Å². The molecule has 0 radical (unpaired) electrons. The van der Waals surface area contributed by atoms with Gasteiger partial charge in [0.25, 0.3) is 5.91 Å². The number of rotatable bonds is 4. The van der Waals surface area contributed by atoms with Crippen LogP contribution in [-0.2, 0) is 6.54 Å². The lowest BCUT2D eigenvalue weighted by Crippen LogP contribution is -2.10. The molecule has 0 unspecified atom stereocenters. The summed E-state index contributed by atoms with van der Waals surface area (Å²) < 4.78 is 2.01. The molecule has 0 bridgehead atoms. The minimum atomic E-state index is -0.0990. The molecule has 0 fully saturated rings. The number of carbonyl (C=O) groups excluding carboxylic acids is 1. The summed E-state index contributed by atoms with van der Waals surface area (Å²) >= 11 is 1.49. The van der Waals surface area contributed by atoms with E-state index in [-0.39, 0.29) is 5.91 Å². The third-order valence-corrected chi connectivity index (χ3v) is 5.41. The summed E-state index contributed by atoms with van der Waals surface area (Å²) in [5.41, 5.74) is 2.61. The van der Waals surface area contributed by atoms with Crippen molar-refractivity contribution in [2.75, 3.05) is 5.32 Å². The fourth-order valence-corrected chi connectivity index (χ4v) is 4.16. The predicted octanol–water partition coefficient (Wildman–Crippen LogP) is 4.86. The number of hydrogen-bond acceptors (Lipinski definition) is 4. The van der Waals surface area contributed by atoms with Crippen LogP contribution < -0.4 is 5.32 Å². The number of fused-ring (bicyclic) bond motifs is 2. The lowest BCUT2D eigenvalue weighted by molar-refractivity contribution is 0.103. The number of pyridine rings is 1. The molecule has 0 aliphatic heterocycles. The molecular weight excluding hydrogens is 344 g/mol. The number of aromatic nitrogens is 3. The smallest absolute Gasteiger partial charge is 0.265 e. The second kappa shape index (κ2) is 6.53. The van der Waals surface area contributed by atoms with E-state index in [9.17, 15) is 4.79 Å². The van der Waals surface area contributed by atoms with Crippen molar-refractivity contribution in [3.8, 4) is 0 Å². The molecule has 4 rings (SSSR count). The zero-order valence-corrected chi connectivity index (χ0v) is 15.8. The zero-order valence-electron chi connectivity index (χ0n) is 15.0. The van der Waals surface area contributed by atoms with Crippen molar-refractivity contribution in [2.24, 2.45) is 5.92 Å². The molecule has 1 aromatic carbocycles. The molecule has 132 valence electrons. The van der Waals surface area contributed by atoms with Crippen molar-refractivity contribution in [2.45, 2.75) is 27.3 Å². The molecule has 5 nitrogen and oxygen atoms in total. The fraction of sp³-hybridized carbons (Fsp3) is 0.250. The van der Waals surface area contributed by atoms with Crippen LogP contribution in [0.1, 0.15) is 29.2 Å². The first-order chi connectivity index (χ1) is 12.5. The number of thiophene rings is 1. The Balaban J connectivity index is 1.68. The minimum Gasteiger partial charge on any atom is -0.321 e. The van der Waals surface area contributed by atoms with E-state index >= 15 is 0 Å². The lowest BCUT2D eigenvalue weighted by Gasteiger charge is -2.07. The first-order valence-corrected chi connectivity index (χ1v) is 9.46. The van der Waals surface area contributed by atoms with E-state index in [2.05, 4.69) is 29.2 Å². The van der Waals surface area contributed by atoms with E-state index in [0.717, 1.165) is 39.0 Å². The molecule has 0 saturated heterocycles. The number of nitrogens with one attached hydrogen (secondary N) is 1. The summed E-state index contributed by atoms with van der Waals surface area (Å²) in [5.74, 6) is 0.401. The number of amides is 1. The fourth-order valence-electron chi connectivity index (χ4n) is 3.09. The number of anilines is 1. The number of benzene rings is 1. The van der Waals surface area contributed by atoms with E-state index in [0.29, 0.717) is 10.8 Å². The van der Waals surface area contributed by atoms with Crippen LogP contribution in [-0.4, -0.2) is 20.7 Å². The van der Waals surface area contributed by atoms with Gasteiger partial charge in [-0.05, 0) is 43.2 Å². The average Bonchev–Trinajstić information content (AvgIpc) is 3.17. The largest absolute Gasteiger partial charge is 0.321 e. The third-order valence-electron chi connectivity index (χ3n) is 4.26. The molecule has 0 aliphatic rings. The molecule has 1 amide bonds. The Hall–Kier alpha value is -2.73. The highest BCUT2D eigenvalue weighted by atomic mass is 32.1. The van der Waals surface area contributed by atoms with Crippen molar-refractivity contribution < 1.29 is 4.79 Å². The van der Waals surface area contributed by atoms with Crippen LogP contribution >= 0.6 is 11.3 Å². The van der Waals surface area contributed by atoms with Crippen molar-refractivity contribution in [3.05, 3.63) is 53.2 Å². The second-order valence-electron chi connectivity index (χ2n) is 6.82. The quantitative estimate of drug-likeness (QED) is 0.562. The average molecular weight is 364 g/mol. The molecule has 0 aliphatic carbocycles. The van der Waals surface area contributed by atoms with Crippen LogP contribution in [0.5, 0.6) is 0 Å². The normalized spacial score (nSPS) is 11.5. The number of aryl methyl sites for hydroxylation is 1. The van der Waals surface area contributed by atoms with Crippen LogP contribution in [0.4, 0.5) is 5.69 Å². The van der Waals surface area contributed by atoms with Crippen molar-refractivity contribution in [1.29, 1.82) is 0 Å². The van der Waals surface area contributed by atoms with Crippen LogP contribution in [0.2, 0.25) is 0 Å². The Kier molecular flexibility index (Phi) is 4.20. The molecular formula is C20H20N4OS. The van der Waals surface area contributed by atoms with Crippen LogP contribution in [0.3, 0.4) is 0 Å². The standard InChI is InChI=1S/C20H20N4OS/c1-12(2)11-24-20-15(13(3)23-24)10-18(26-20)19(25)22-17-8-4-7-16-14(17)6-5-9-21-16/h4-10,12H,11H2,1-3H3,(H,22,25).